The highest BCUT2D eigenvalue weighted by Gasteiger charge is 2.32. The highest BCUT2D eigenvalue weighted by Crippen LogP contribution is 2.35. The van der Waals surface area contributed by atoms with Crippen molar-refractivity contribution in [2.75, 3.05) is 54.8 Å². The maximum Gasteiger partial charge on any atom is 0.416 e. The molecule has 0 aliphatic rings. The largest absolute Gasteiger partial charge is 0.416 e. The summed E-state index contributed by atoms with van der Waals surface area (Å²) in [5, 5.41) is 6.98. The van der Waals surface area contributed by atoms with Crippen LogP contribution in [0.25, 0.3) is 5.70 Å². The third-order valence-electron chi connectivity index (χ3n) is 6.55. The molecule has 0 bridgehead atoms. The Kier molecular flexibility index (Phi) is 10.7. The monoisotopic (exact) mass is 632 g/mol. The molecule has 0 fully saturated rings. The zero-order valence-corrected chi connectivity index (χ0v) is 26.7. The van der Waals surface area contributed by atoms with E-state index in [0.717, 1.165) is 17.7 Å². The number of thiazole rings is 1. The van der Waals surface area contributed by atoms with Gasteiger partial charge in [-0.3, -0.25) is 14.6 Å². The van der Waals surface area contributed by atoms with Crippen molar-refractivity contribution in [3.05, 3.63) is 70.4 Å². The molecule has 0 saturated heterocycles. The van der Waals surface area contributed by atoms with E-state index in [2.05, 4.69) is 15.6 Å². The second kappa shape index (κ2) is 13.7. The van der Waals surface area contributed by atoms with E-state index in [0.29, 0.717) is 34.5 Å². The second-order valence-electron chi connectivity index (χ2n) is 11.7. The lowest BCUT2D eigenvalue weighted by molar-refractivity contribution is -0.137. The highest BCUT2D eigenvalue weighted by atomic mass is 32.1. The molecule has 2 amide bonds. The van der Waals surface area contributed by atoms with Gasteiger partial charge < -0.3 is 26.2 Å². The van der Waals surface area contributed by atoms with Crippen molar-refractivity contribution in [1.29, 1.82) is 0 Å². The van der Waals surface area contributed by atoms with Crippen LogP contribution in [-0.4, -0.2) is 55.9 Å². The minimum absolute atomic E-state index is 0.00643. The van der Waals surface area contributed by atoms with Crippen LogP contribution in [0, 0.1) is 12.3 Å². The fraction of sp³-hybridized carbons (Fsp3) is 0.367. The number of benzene rings is 2. The normalized spacial score (nSPS) is 12.3. The molecule has 0 aliphatic heterocycles. The molecule has 0 atom stereocenters. The van der Waals surface area contributed by atoms with E-state index in [1.54, 1.807) is 51.8 Å². The summed E-state index contributed by atoms with van der Waals surface area (Å²) in [6, 6.07) is 8.22. The average molecular weight is 633 g/mol. The van der Waals surface area contributed by atoms with Gasteiger partial charge in [-0.2, -0.15) is 13.2 Å². The first kappa shape index (κ1) is 34.4. The third kappa shape index (κ3) is 9.18. The first-order valence-electron chi connectivity index (χ1n) is 13.6. The summed E-state index contributed by atoms with van der Waals surface area (Å²) in [6.07, 6.45) is -1.63. The molecular formula is C30H39F3N8O2S. The number of aryl methyl sites for hydroxylation is 1. The molecule has 0 radical (unpaired) electrons. The van der Waals surface area contributed by atoms with Crippen LogP contribution < -0.4 is 32.1 Å². The Bertz CT molecular complexity index is 1530. The van der Waals surface area contributed by atoms with Gasteiger partial charge in [0.2, 0.25) is 5.91 Å². The van der Waals surface area contributed by atoms with Crippen LogP contribution in [-0.2, 0) is 11.0 Å². The zero-order valence-electron chi connectivity index (χ0n) is 25.8. The zero-order chi connectivity index (χ0) is 33.0. The number of anilines is 4. The summed E-state index contributed by atoms with van der Waals surface area (Å²) in [4.78, 5) is 33.9. The summed E-state index contributed by atoms with van der Waals surface area (Å²) in [6.45, 7) is 8.27. The van der Waals surface area contributed by atoms with E-state index in [1.165, 1.54) is 40.9 Å². The molecule has 6 N–H and O–H groups in total. The molecule has 1 heterocycles. The lowest BCUT2D eigenvalue weighted by Crippen LogP contribution is -2.28. The number of nitrogens with two attached hydrogens (primary N) is 2. The number of alkyl halides is 3. The van der Waals surface area contributed by atoms with Gasteiger partial charge in [-0.05, 0) is 56.9 Å². The van der Waals surface area contributed by atoms with Crippen LogP contribution >= 0.6 is 11.3 Å². The van der Waals surface area contributed by atoms with Crippen molar-refractivity contribution in [1.82, 2.24) is 9.88 Å². The van der Waals surface area contributed by atoms with Gasteiger partial charge in [-0.25, -0.2) is 10.8 Å². The van der Waals surface area contributed by atoms with Crippen LogP contribution in [0.4, 0.5) is 35.4 Å². The van der Waals surface area contributed by atoms with Gasteiger partial charge in [-0.15, -0.1) is 0 Å². The third-order valence-corrected chi connectivity index (χ3v) is 7.51. The molecule has 238 valence electrons. The van der Waals surface area contributed by atoms with E-state index in [-0.39, 0.29) is 22.9 Å². The van der Waals surface area contributed by atoms with E-state index in [4.69, 9.17) is 11.6 Å². The van der Waals surface area contributed by atoms with E-state index in [9.17, 15) is 22.8 Å². The van der Waals surface area contributed by atoms with Gasteiger partial charge in [0.25, 0.3) is 5.91 Å². The predicted octanol–water partition coefficient (Wildman–Crippen LogP) is 5.34. The molecule has 0 saturated carbocycles. The number of hydrazine groups is 1. The van der Waals surface area contributed by atoms with Crippen molar-refractivity contribution in [3.8, 4) is 0 Å². The van der Waals surface area contributed by atoms with Crippen LogP contribution in [0.5, 0.6) is 0 Å². The number of nitrogens with zero attached hydrogens (tertiary/aromatic N) is 4. The molecule has 0 unspecified atom stereocenters. The number of amides is 2. The molecule has 1 aromatic heterocycles. The smallest absolute Gasteiger partial charge is 0.396 e. The van der Waals surface area contributed by atoms with Crippen molar-refractivity contribution >= 4 is 51.0 Å². The Morgan fingerprint density at radius 2 is 1.70 bits per heavy atom. The lowest BCUT2D eigenvalue weighted by Gasteiger charge is -2.23. The summed E-state index contributed by atoms with van der Waals surface area (Å²) in [5.74, 6) is 5.50. The Morgan fingerprint density at radius 3 is 2.32 bits per heavy atom. The number of nitrogens with one attached hydrogen (secondary N) is 2. The van der Waals surface area contributed by atoms with Gasteiger partial charge in [0, 0.05) is 54.9 Å². The lowest BCUT2D eigenvalue weighted by atomic mass is 9.96. The molecule has 0 aliphatic carbocycles. The van der Waals surface area contributed by atoms with Crippen LogP contribution in [0.3, 0.4) is 0 Å². The molecular weight excluding hydrogens is 593 g/mol. The molecule has 3 aromatic rings. The fourth-order valence-electron chi connectivity index (χ4n) is 3.81. The average Bonchev–Trinajstić information content (AvgIpc) is 3.39. The Morgan fingerprint density at radius 1 is 1.02 bits per heavy atom. The standard InChI is InChI=1S/C30H39F3N8O2S/c1-18-8-9-19(12-24(18)41(35)17-23(34)25-16-36-28(44-25)38-27(43)29(2,3)4)26(42)37-21-13-20(30(31,32)33)14-22(15-21)40(7)11-10-39(5)6/h8-9,12-17H,10-11,34-35H2,1-7H3,(H,37,42)(H,36,38,43)/b23-17-. The minimum Gasteiger partial charge on any atom is -0.396 e. The topological polar surface area (TPSA) is 133 Å². The fourth-order valence-corrected chi connectivity index (χ4v) is 4.54. The highest BCUT2D eigenvalue weighted by molar-refractivity contribution is 7.16. The molecule has 2 aromatic carbocycles. The second-order valence-corrected chi connectivity index (χ2v) is 12.7. The number of likely N-dealkylation sites (N-methyl/N-ethyl adjacent to an activating group) is 2. The molecule has 44 heavy (non-hydrogen) atoms. The van der Waals surface area contributed by atoms with Crippen molar-refractivity contribution in [2.45, 2.75) is 33.9 Å². The van der Waals surface area contributed by atoms with E-state index >= 15 is 0 Å². The van der Waals surface area contributed by atoms with Crippen molar-refractivity contribution in [3.63, 3.8) is 0 Å². The maximum atomic E-state index is 13.7. The van der Waals surface area contributed by atoms with Gasteiger partial charge in [0.05, 0.1) is 21.8 Å². The SMILES string of the molecule is Cc1ccc(C(=O)Nc2cc(N(C)CCN(C)C)cc(C(F)(F)F)c2)cc1N(N)/C=C(\N)c1cnc(NC(=O)C(C)(C)C)s1. The Hall–Kier alpha value is -4.14. The van der Waals surface area contributed by atoms with Crippen LogP contribution in [0.15, 0.2) is 48.8 Å². The number of halogens is 3. The number of rotatable bonds is 10. The van der Waals surface area contributed by atoms with E-state index < -0.39 is 23.1 Å². The Labute approximate surface area is 259 Å². The van der Waals surface area contributed by atoms with Gasteiger partial charge >= 0.3 is 6.18 Å². The van der Waals surface area contributed by atoms with Crippen LogP contribution in [0.1, 0.15) is 47.1 Å². The number of aromatic nitrogens is 1. The maximum absolute atomic E-state index is 13.7. The van der Waals surface area contributed by atoms with Crippen LogP contribution in [0.2, 0.25) is 0 Å². The Balaban J connectivity index is 1.83. The first-order valence-corrected chi connectivity index (χ1v) is 14.5. The van der Waals surface area contributed by atoms with Gasteiger partial charge in [-0.1, -0.05) is 38.2 Å². The number of hydrogen-bond donors (Lipinski definition) is 4. The number of hydrogen-bond acceptors (Lipinski definition) is 9. The molecule has 0 spiro atoms. The predicted molar refractivity (Wildman–Crippen MR) is 171 cm³/mol. The summed E-state index contributed by atoms with van der Waals surface area (Å²) in [5.41, 5.74) is 6.73. The molecule has 14 heteroatoms. The van der Waals surface area contributed by atoms with Gasteiger partial charge in [0.1, 0.15) is 0 Å². The number of carbonyl (C=O) groups is 2. The summed E-state index contributed by atoms with van der Waals surface area (Å²) in [7, 11) is 5.44. The van der Waals surface area contributed by atoms with Gasteiger partial charge in [0.15, 0.2) is 5.13 Å². The first-order chi connectivity index (χ1) is 20.3. The molecule has 3 rings (SSSR count). The minimum atomic E-state index is -4.60. The summed E-state index contributed by atoms with van der Waals surface area (Å²) < 4.78 is 41.1. The molecule has 10 nitrogen and oxygen atoms in total. The summed E-state index contributed by atoms with van der Waals surface area (Å²) >= 11 is 1.18. The quantitative estimate of drug-likeness (QED) is 0.174. The number of carbonyl (C=O) groups excluding carboxylic acids is 2. The van der Waals surface area contributed by atoms with Crippen molar-refractivity contribution in [2.24, 2.45) is 17.0 Å². The van der Waals surface area contributed by atoms with E-state index in [1.807, 2.05) is 19.0 Å². The van der Waals surface area contributed by atoms with Crippen molar-refractivity contribution < 1.29 is 22.8 Å².